The molecule has 0 aliphatic carbocycles. The maximum absolute atomic E-state index is 13.5. The number of ketones is 1. The lowest BCUT2D eigenvalue weighted by atomic mass is 9.92. The Labute approximate surface area is 288 Å². The van der Waals surface area contributed by atoms with Gasteiger partial charge in [0.2, 0.25) is 5.91 Å². The summed E-state index contributed by atoms with van der Waals surface area (Å²) in [6.07, 6.45) is -0.0528. The third-order valence-electron chi connectivity index (χ3n) is 7.97. The molecule has 0 fully saturated rings. The number of Topliss-reactive ketones (excluding diaryl/α,β-unsaturated/α-hetero) is 1. The van der Waals surface area contributed by atoms with E-state index in [4.69, 9.17) is 9.47 Å². The molecule has 3 amide bonds. The summed E-state index contributed by atoms with van der Waals surface area (Å²) in [5, 5.41) is 8.50. The Hall–Kier alpha value is -5.44. The van der Waals surface area contributed by atoms with Gasteiger partial charge in [-0.2, -0.15) is 0 Å². The van der Waals surface area contributed by atoms with Crippen molar-refractivity contribution in [3.8, 4) is 0 Å². The minimum Gasteiger partial charge on any atom is -0.445 e. The highest BCUT2D eigenvalue weighted by Gasteiger charge is 2.27. The predicted molar refractivity (Wildman–Crippen MR) is 188 cm³/mol. The van der Waals surface area contributed by atoms with E-state index >= 15 is 0 Å². The first-order valence-electron chi connectivity index (χ1n) is 16.6. The first-order chi connectivity index (χ1) is 23.7. The van der Waals surface area contributed by atoms with E-state index in [1.54, 1.807) is 0 Å². The van der Waals surface area contributed by atoms with E-state index in [-0.39, 0.29) is 49.7 Å². The molecule has 0 heterocycles. The Morgan fingerprint density at radius 3 is 1.37 bits per heavy atom. The highest BCUT2D eigenvalue weighted by molar-refractivity contribution is 5.88. The Morgan fingerprint density at radius 1 is 0.531 bits per heavy atom. The zero-order valence-electron chi connectivity index (χ0n) is 28.0. The van der Waals surface area contributed by atoms with Crippen LogP contribution in [0.3, 0.4) is 0 Å². The number of hydrogen-bond acceptors (Lipinski definition) is 6. The van der Waals surface area contributed by atoms with Gasteiger partial charge < -0.3 is 25.4 Å². The van der Waals surface area contributed by atoms with Crippen molar-refractivity contribution in [3.05, 3.63) is 144 Å². The lowest BCUT2D eigenvalue weighted by molar-refractivity contribution is -0.123. The number of amides is 3. The largest absolute Gasteiger partial charge is 0.445 e. The molecule has 4 aromatic rings. The monoisotopic (exact) mass is 663 g/mol. The molecule has 3 unspecified atom stereocenters. The standard InChI is InChI=1S/C40H45N3O6/c1-29(24-37(44)35(25-31-15-7-3-8-16-31)42-39(46)48-27-33-19-11-5-12-20-33)23-30(2)41-38(45)36(26-32-17-9-4-10-18-32)43-40(47)49-28-34-21-13-6-14-22-34/h3-22,29-30,35-36H,23-28H2,1-2H3,(H,41,45)(H,42,46)(H,43,47)/t29?,30?,35?,36-/m0/s1. The first-order valence-corrected chi connectivity index (χ1v) is 16.6. The van der Waals surface area contributed by atoms with Crippen LogP contribution in [0.5, 0.6) is 0 Å². The van der Waals surface area contributed by atoms with Gasteiger partial charge in [-0.1, -0.05) is 128 Å². The quantitative estimate of drug-likeness (QED) is 0.118. The average Bonchev–Trinajstić information content (AvgIpc) is 3.11. The molecule has 4 rings (SSSR count). The van der Waals surface area contributed by atoms with Crippen LogP contribution in [0.25, 0.3) is 0 Å². The minimum atomic E-state index is -0.869. The van der Waals surface area contributed by atoms with Crippen LogP contribution in [-0.4, -0.2) is 42.0 Å². The lowest BCUT2D eigenvalue weighted by Gasteiger charge is -2.24. The van der Waals surface area contributed by atoms with Crippen molar-refractivity contribution in [2.45, 2.75) is 70.9 Å². The van der Waals surface area contributed by atoms with Crippen LogP contribution >= 0.6 is 0 Å². The van der Waals surface area contributed by atoms with Gasteiger partial charge in [0.05, 0.1) is 6.04 Å². The number of carbonyl (C=O) groups excluding carboxylic acids is 4. The van der Waals surface area contributed by atoms with E-state index in [9.17, 15) is 19.2 Å². The number of hydrogen-bond donors (Lipinski definition) is 3. The molecule has 0 saturated carbocycles. The van der Waals surface area contributed by atoms with Gasteiger partial charge in [0.1, 0.15) is 19.3 Å². The maximum atomic E-state index is 13.5. The molecule has 49 heavy (non-hydrogen) atoms. The maximum Gasteiger partial charge on any atom is 0.408 e. The summed E-state index contributed by atoms with van der Waals surface area (Å²) >= 11 is 0. The third kappa shape index (κ3) is 13.3. The Kier molecular flexibility index (Phi) is 14.4. The third-order valence-corrected chi connectivity index (χ3v) is 7.97. The van der Waals surface area contributed by atoms with Crippen LogP contribution in [0.1, 0.15) is 48.9 Å². The van der Waals surface area contributed by atoms with E-state index in [0.29, 0.717) is 12.8 Å². The molecule has 4 aromatic carbocycles. The summed E-state index contributed by atoms with van der Waals surface area (Å²) in [5.41, 5.74) is 3.48. The Bertz CT molecular complexity index is 1480. The van der Waals surface area contributed by atoms with Crippen LogP contribution < -0.4 is 16.0 Å². The zero-order chi connectivity index (χ0) is 34.8. The van der Waals surface area contributed by atoms with Crippen LogP contribution in [0.15, 0.2) is 121 Å². The fraction of sp³-hybridized carbons (Fsp3) is 0.300. The minimum absolute atomic E-state index is 0.0825. The number of benzene rings is 4. The molecule has 0 spiro atoms. The second kappa shape index (κ2) is 19.4. The second-order valence-corrected chi connectivity index (χ2v) is 12.3. The van der Waals surface area contributed by atoms with E-state index < -0.39 is 24.3 Å². The molecule has 3 N–H and O–H groups in total. The summed E-state index contributed by atoms with van der Waals surface area (Å²) in [6.45, 7) is 3.98. The molecule has 256 valence electrons. The smallest absolute Gasteiger partial charge is 0.408 e. The Balaban J connectivity index is 1.32. The van der Waals surface area contributed by atoms with Crippen molar-refractivity contribution >= 4 is 23.9 Å². The molecule has 4 atom stereocenters. The normalized spacial score (nSPS) is 13.2. The number of alkyl carbamates (subject to hydrolysis) is 2. The number of ether oxygens (including phenoxy) is 2. The van der Waals surface area contributed by atoms with E-state index in [0.717, 1.165) is 22.3 Å². The number of nitrogens with one attached hydrogen (secondary N) is 3. The fourth-order valence-electron chi connectivity index (χ4n) is 5.54. The van der Waals surface area contributed by atoms with Gasteiger partial charge in [-0.15, -0.1) is 0 Å². The van der Waals surface area contributed by atoms with Gasteiger partial charge in [-0.3, -0.25) is 9.59 Å². The van der Waals surface area contributed by atoms with Gasteiger partial charge in [0, 0.05) is 18.9 Å². The molecular weight excluding hydrogens is 618 g/mol. The molecule has 0 bridgehead atoms. The molecule has 0 saturated heterocycles. The molecule has 9 nitrogen and oxygen atoms in total. The summed E-state index contributed by atoms with van der Waals surface area (Å²) < 4.78 is 10.8. The molecule has 0 aliphatic heterocycles. The number of rotatable bonds is 17. The van der Waals surface area contributed by atoms with Gasteiger partial charge in [-0.05, 0) is 47.9 Å². The Morgan fingerprint density at radius 2 is 0.918 bits per heavy atom. The van der Waals surface area contributed by atoms with Crippen molar-refractivity contribution in [1.82, 2.24) is 16.0 Å². The topological polar surface area (TPSA) is 123 Å². The molecular formula is C40H45N3O6. The zero-order valence-corrected chi connectivity index (χ0v) is 28.0. The first kappa shape index (κ1) is 36.4. The van der Waals surface area contributed by atoms with Crippen LogP contribution in [0.4, 0.5) is 9.59 Å². The van der Waals surface area contributed by atoms with Crippen molar-refractivity contribution < 1.29 is 28.7 Å². The predicted octanol–water partition coefficient (Wildman–Crippen LogP) is 6.55. The van der Waals surface area contributed by atoms with E-state index in [2.05, 4.69) is 16.0 Å². The van der Waals surface area contributed by atoms with Gasteiger partial charge in [0.25, 0.3) is 0 Å². The van der Waals surface area contributed by atoms with Crippen LogP contribution in [0, 0.1) is 5.92 Å². The van der Waals surface area contributed by atoms with Gasteiger partial charge in [0.15, 0.2) is 5.78 Å². The highest BCUT2D eigenvalue weighted by Crippen LogP contribution is 2.16. The second-order valence-electron chi connectivity index (χ2n) is 12.3. The average molecular weight is 664 g/mol. The van der Waals surface area contributed by atoms with Crippen molar-refractivity contribution in [1.29, 1.82) is 0 Å². The highest BCUT2D eigenvalue weighted by atomic mass is 16.6. The summed E-state index contributed by atoms with van der Waals surface area (Å²) in [6, 6.07) is 35.6. The molecule has 0 aromatic heterocycles. The molecule has 0 aliphatic rings. The molecule has 9 heteroatoms. The van der Waals surface area contributed by atoms with Crippen LogP contribution in [-0.2, 0) is 45.1 Å². The molecule has 0 radical (unpaired) electrons. The fourth-order valence-corrected chi connectivity index (χ4v) is 5.54. The van der Waals surface area contributed by atoms with Gasteiger partial charge in [-0.25, -0.2) is 9.59 Å². The van der Waals surface area contributed by atoms with Gasteiger partial charge >= 0.3 is 12.2 Å². The van der Waals surface area contributed by atoms with Crippen LogP contribution in [0.2, 0.25) is 0 Å². The summed E-state index contributed by atoms with van der Waals surface area (Å²) in [7, 11) is 0. The van der Waals surface area contributed by atoms with Crippen molar-refractivity contribution in [2.24, 2.45) is 5.92 Å². The van der Waals surface area contributed by atoms with E-state index in [1.165, 1.54) is 0 Å². The summed E-state index contributed by atoms with van der Waals surface area (Å²) in [4.78, 5) is 52.4. The van der Waals surface area contributed by atoms with Crippen molar-refractivity contribution in [3.63, 3.8) is 0 Å². The summed E-state index contributed by atoms with van der Waals surface area (Å²) in [5.74, 6) is -0.591. The number of carbonyl (C=O) groups is 4. The lowest BCUT2D eigenvalue weighted by Crippen LogP contribution is -2.50. The van der Waals surface area contributed by atoms with Crippen molar-refractivity contribution in [2.75, 3.05) is 0 Å². The van der Waals surface area contributed by atoms with E-state index in [1.807, 2.05) is 135 Å². The SMILES string of the molecule is CC(CC(=O)C(Cc1ccccc1)NC(=O)OCc1ccccc1)CC(C)NC(=O)[C@H](Cc1ccccc1)NC(=O)OCc1ccccc1.